The molecule has 1 nitrogen and oxygen atoms in total. The van der Waals surface area contributed by atoms with Gasteiger partial charge >= 0.3 is 0 Å². The van der Waals surface area contributed by atoms with Crippen LogP contribution in [0.5, 0.6) is 0 Å². The van der Waals surface area contributed by atoms with Gasteiger partial charge in [-0.2, -0.15) is 0 Å². The predicted molar refractivity (Wildman–Crippen MR) is 68.5 cm³/mol. The molecule has 16 heavy (non-hydrogen) atoms. The van der Waals surface area contributed by atoms with Gasteiger partial charge in [-0.15, -0.1) is 0 Å². The van der Waals surface area contributed by atoms with Gasteiger partial charge in [0.15, 0.2) is 0 Å². The van der Waals surface area contributed by atoms with Crippen LogP contribution in [0.4, 0.5) is 0 Å². The Kier molecular flexibility index (Phi) is 2.06. The van der Waals surface area contributed by atoms with Crippen LogP contribution >= 0.6 is 0 Å². The number of hydrogen-bond acceptors (Lipinski definition) is 1. The Bertz CT molecular complexity index is 581. The first kappa shape index (κ1) is 9.59. The summed E-state index contributed by atoms with van der Waals surface area (Å²) in [6.07, 6.45) is 7.58. The van der Waals surface area contributed by atoms with Crippen LogP contribution in [0.15, 0.2) is 30.5 Å². The second-order valence-electron chi connectivity index (χ2n) is 4.69. The van der Waals surface area contributed by atoms with Gasteiger partial charge in [-0.1, -0.05) is 30.7 Å². The van der Waals surface area contributed by atoms with Crippen molar-refractivity contribution in [3.05, 3.63) is 47.2 Å². The van der Waals surface area contributed by atoms with Gasteiger partial charge in [0.2, 0.25) is 0 Å². The normalized spacial score (nSPS) is 18.8. The topological polar surface area (TPSA) is 12.9 Å². The van der Waals surface area contributed by atoms with Crippen molar-refractivity contribution in [2.45, 2.75) is 26.2 Å². The summed E-state index contributed by atoms with van der Waals surface area (Å²) in [4.78, 5) is 4.52. The van der Waals surface area contributed by atoms with E-state index in [0.29, 0.717) is 5.92 Å². The van der Waals surface area contributed by atoms with Crippen molar-refractivity contribution < 1.29 is 0 Å². The summed E-state index contributed by atoms with van der Waals surface area (Å²) < 4.78 is 0. The summed E-state index contributed by atoms with van der Waals surface area (Å²) in [6, 6.07) is 6.51. The van der Waals surface area contributed by atoms with E-state index < -0.39 is 0 Å². The van der Waals surface area contributed by atoms with Crippen LogP contribution in [0.25, 0.3) is 17.0 Å². The number of hydrogen-bond donors (Lipinski definition) is 0. The highest BCUT2D eigenvalue weighted by molar-refractivity contribution is 5.87. The molecule has 0 amide bonds. The Morgan fingerprint density at radius 3 is 3.06 bits per heavy atom. The summed E-state index contributed by atoms with van der Waals surface area (Å²) in [7, 11) is 0. The molecule has 1 aromatic heterocycles. The molecule has 0 bridgehead atoms. The second kappa shape index (κ2) is 3.44. The molecule has 0 spiro atoms. The third kappa shape index (κ3) is 1.35. The van der Waals surface area contributed by atoms with Gasteiger partial charge in [0.25, 0.3) is 0 Å². The molecule has 0 saturated heterocycles. The summed E-state index contributed by atoms with van der Waals surface area (Å²) in [5, 5.41) is 1.33. The number of aryl methyl sites for hydroxylation is 1. The van der Waals surface area contributed by atoms with E-state index >= 15 is 0 Å². The van der Waals surface area contributed by atoms with Crippen LogP contribution in [0, 0.1) is 6.92 Å². The Morgan fingerprint density at radius 2 is 2.19 bits per heavy atom. The van der Waals surface area contributed by atoms with E-state index in [1.54, 1.807) is 0 Å². The molecule has 0 saturated carbocycles. The highest BCUT2D eigenvalue weighted by Crippen LogP contribution is 2.34. The largest absolute Gasteiger partial charge is 0.256 e. The fourth-order valence-corrected chi connectivity index (χ4v) is 2.54. The highest BCUT2D eigenvalue weighted by Gasteiger charge is 2.16. The lowest BCUT2D eigenvalue weighted by Crippen LogP contribution is -2.02. The molecule has 0 radical (unpaired) electrons. The van der Waals surface area contributed by atoms with E-state index in [2.05, 4.69) is 49.2 Å². The van der Waals surface area contributed by atoms with Crippen molar-refractivity contribution >= 4 is 17.0 Å². The highest BCUT2D eigenvalue weighted by atomic mass is 14.7. The van der Waals surface area contributed by atoms with Gasteiger partial charge in [0.05, 0.1) is 5.52 Å². The van der Waals surface area contributed by atoms with Crippen LogP contribution in [-0.2, 0) is 0 Å². The van der Waals surface area contributed by atoms with Crippen LogP contribution < -0.4 is 0 Å². The van der Waals surface area contributed by atoms with Crippen LogP contribution in [-0.4, -0.2) is 4.98 Å². The maximum atomic E-state index is 4.52. The molecule has 1 aromatic carbocycles. The fourth-order valence-electron chi connectivity index (χ4n) is 2.54. The number of pyridine rings is 1. The number of rotatable bonds is 0. The zero-order chi connectivity index (χ0) is 11.1. The lowest BCUT2D eigenvalue weighted by molar-refractivity contribution is 0.777. The third-order valence-corrected chi connectivity index (χ3v) is 3.38. The lowest BCUT2D eigenvalue weighted by Gasteiger charge is -2.19. The van der Waals surface area contributed by atoms with E-state index in [4.69, 9.17) is 0 Å². The lowest BCUT2D eigenvalue weighted by atomic mass is 9.86. The van der Waals surface area contributed by atoms with Gasteiger partial charge < -0.3 is 0 Å². The van der Waals surface area contributed by atoms with Crippen molar-refractivity contribution in [2.75, 3.05) is 0 Å². The van der Waals surface area contributed by atoms with Gasteiger partial charge in [-0.05, 0) is 42.5 Å². The van der Waals surface area contributed by atoms with Gasteiger partial charge in [0.1, 0.15) is 0 Å². The number of allylic oxidation sites excluding steroid dienone is 1. The molecule has 80 valence electrons. The minimum atomic E-state index is 0.604. The second-order valence-corrected chi connectivity index (χ2v) is 4.69. The van der Waals surface area contributed by atoms with E-state index in [1.807, 2.05) is 6.20 Å². The molecule has 1 heteroatoms. The van der Waals surface area contributed by atoms with Crippen molar-refractivity contribution in [2.24, 2.45) is 0 Å². The zero-order valence-electron chi connectivity index (χ0n) is 9.70. The molecule has 1 heterocycles. The standard InChI is InChI=1S/C15H15N/c1-10-6-7-14-13(8-10)15-11(2)4-3-5-12(15)9-16-14/h3,5-9,11H,4H2,1-2H3. The average Bonchev–Trinajstić information content (AvgIpc) is 2.28. The number of fused-ring (bicyclic) bond motifs is 3. The molecule has 1 aliphatic carbocycles. The smallest absolute Gasteiger partial charge is 0.0705 e. The molecular formula is C15H15N. The van der Waals surface area contributed by atoms with E-state index in [-0.39, 0.29) is 0 Å². The maximum Gasteiger partial charge on any atom is 0.0705 e. The summed E-state index contributed by atoms with van der Waals surface area (Å²) in [5.74, 6) is 0.604. The molecule has 3 rings (SSSR count). The molecule has 0 aliphatic heterocycles. The zero-order valence-corrected chi connectivity index (χ0v) is 9.70. The first-order chi connectivity index (χ1) is 7.75. The van der Waals surface area contributed by atoms with Crippen molar-refractivity contribution in [3.63, 3.8) is 0 Å². The minimum Gasteiger partial charge on any atom is -0.256 e. The number of aromatic nitrogens is 1. The summed E-state index contributed by atoms with van der Waals surface area (Å²) >= 11 is 0. The van der Waals surface area contributed by atoms with Gasteiger partial charge in [-0.3, -0.25) is 4.98 Å². The molecule has 1 aliphatic rings. The maximum absolute atomic E-state index is 4.52. The van der Waals surface area contributed by atoms with E-state index in [0.717, 1.165) is 11.9 Å². The fraction of sp³-hybridized carbons (Fsp3) is 0.267. The first-order valence-electron chi connectivity index (χ1n) is 5.81. The number of benzene rings is 1. The van der Waals surface area contributed by atoms with Crippen LogP contribution in [0.1, 0.15) is 36.0 Å². The quantitative estimate of drug-likeness (QED) is 0.637. The van der Waals surface area contributed by atoms with Crippen molar-refractivity contribution in [1.82, 2.24) is 4.98 Å². The van der Waals surface area contributed by atoms with Crippen LogP contribution in [0.3, 0.4) is 0 Å². The minimum absolute atomic E-state index is 0.604. The number of nitrogens with zero attached hydrogens (tertiary/aromatic N) is 1. The van der Waals surface area contributed by atoms with E-state index in [1.165, 1.54) is 22.1 Å². The first-order valence-corrected chi connectivity index (χ1v) is 5.81. The van der Waals surface area contributed by atoms with E-state index in [9.17, 15) is 0 Å². The molecule has 0 fully saturated rings. The Hall–Kier alpha value is -1.63. The average molecular weight is 209 g/mol. The van der Waals surface area contributed by atoms with Crippen molar-refractivity contribution in [3.8, 4) is 0 Å². The molecular weight excluding hydrogens is 194 g/mol. The summed E-state index contributed by atoms with van der Waals surface area (Å²) in [6.45, 7) is 4.44. The molecule has 1 unspecified atom stereocenters. The Balaban J connectivity index is 2.41. The third-order valence-electron chi connectivity index (χ3n) is 3.38. The Morgan fingerprint density at radius 1 is 1.31 bits per heavy atom. The van der Waals surface area contributed by atoms with Gasteiger partial charge in [0, 0.05) is 11.6 Å². The molecule has 2 aromatic rings. The summed E-state index contributed by atoms with van der Waals surface area (Å²) in [5.41, 5.74) is 5.18. The predicted octanol–water partition coefficient (Wildman–Crippen LogP) is 4.06. The molecule has 0 N–H and O–H groups in total. The van der Waals surface area contributed by atoms with Gasteiger partial charge in [-0.25, -0.2) is 0 Å². The van der Waals surface area contributed by atoms with Crippen molar-refractivity contribution in [1.29, 1.82) is 0 Å². The molecule has 1 atom stereocenters. The van der Waals surface area contributed by atoms with Crippen LogP contribution in [0.2, 0.25) is 0 Å². The monoisotopic (exact) mass is 209 g/mol. The Labute approximate surface area is 95.8 Å². The SMILES string of the molecule is Cc1ccc2ncc3c(c2c1)C(C)CC=C3.